The van der Waals surface area contributed by atoms with Crippen molar-refractivity contribution in [3.8, 4) is 16.9 Å². The molecule has 0 radical (unpaired) electrons. The van der Waals surface area contributed by atoms with E-state index in [0.717, 1.165) is 11.1 Å². The molecular formula is C19H21ClN2O3. The summed E-state index contributed by atoms with van der Waals surface area (Å²) in [7, 11) is 0. The first kappa shape index (κ1) is 18.8. The molecule has 0 aliphatic rings. The van der Waals surface area contributed by atoms with Crippen molar-refractivity contribution in [1.82, 2.24) is 10.6 Å². The number of hydrogen-bond acceptors (Lipinski definition) is 3. The Hall–Kier alpha value is -2.53. The van der Waals surface area contributed by atoms with Gasteiger partial charge in [0.05, 0.1) is 5.02 Å². The van der Waals surface area contributed by atoms with Crippen LogP contribution in [0.25, 0.3) is 11.1 Å². The van der Waals surface area contributed by atoms with E-state index in [2.05, 4.69) is 10.6 Å². The summed E-state index contributed by atoms with van der Waals surface area (Å²) < 4.78 is 5.40. The van der Waals surface area contributed by atoms with Gasteiger partial charge in [0.1, 0.15) is 5.75 Å². The fourth-order valence-electron chi connectivity index (χ4n) is 2.11. The second-order valence-electron chi connectivity index (χ2n) is 6.55. The van der Waals surface area contributed by atoms with Crippen molar-refractivity contribution in [2.75, 3.05) is 6.61 Å². The number of rotatable bonds is 4. The Balaban J connectivity index is 1.93. The second-order valence-corrected chi connectivity index (χ2v) is 6.96. The normalized spacial score (nSPS) is 10.9. The van der Waals surface area contributed by atoms with Crippen LogP contribution in [0.2, 0.25) is 5.02 Å². The van der Waals surface area contributed by atoms with Gasteiger partial charge < -0.3 is 10.1 Å². The predicted octanol–water partition coefficient (Wildman–Crippen LogP) is 4.01. The minimum atomic E-state index is -0.563. The number of ether oxygens (including phenoxy) is 1. The Morgan fingerprint density at radius 3 is 2.32 bits per heavy atom. The molecule has 3 amide bonds. The van der Waals surface area contributed by atoms with Gasteiger partial charge in [-0.2, -0.15) is 0 Å². The van der Waals surface area contributed by atoms with E-state index in [0.29, 0.717) is 10.8 Å². The second kappa shape index (κ2) is 8.03. The van der Waals surface area contributed by atoms with Crippen LogP contribution in [0, 0.1) is 0 Å². The van der Waals surface area contributed by atoms with Crippen molar-refractivity contribution >= 4 is 23.5 Å². The number of halogens is 1. The summed E-state index contributed by atoms with van der Waals surface area (Å²) in [6.07, 6.45) is 0. The highest BCUT2D eigenvalue weighted by Crippen LogP contribution is 2.30. The van der Waals surface area contributed by atoms with Crippen LogP contribution in [0.15, 0.2) is 48.5 Å². The lowest BCUT2D eigenvalue weighted by Crippen LogP contribution is -2.49. The molecule has 0 saturated carbocycles. The average molecular weight is 361 g/mol. The number of hydrogen-bond donors (Lipinski definition) is 2. The molecular weight excluding hydrogens is 340 g/mol. The summed E-state index contributed by atoms with van der Waals surface area (Å²) in [5.74, 6) is -0.169. The monoisotopic (exact) mass is 360 g/mol. The topological polar surface area (TPSA) is 67.4 Å². The minimum Gasteiger partial charge on any atom is -0.482 e. The van der Waals surface area contributed by atoms with Gasteiger partial charge in [0.2, 0.25) is 0 Å². The standard InChI is InChI=1S/C19H21ClN2O3/c1-19(2,3)22-18(24)21-17(23)12-25-16-10-9-14(11-15(16)20)13-7-5-4-6-8-13/h4-11H,12H2,1-3H3,(H2,21,22,23,24). The molecule has 0 fully saturated rings. The first-order chi connectivity index (χ1) is 11.7. The van der Waals surface area contributed by atoms with E-state index in [1.54, 1.807) is 12.1 Å². The molecule has 5 nitrogen and oxygen atoms in total. The van der Waals surface area contributed by atoms with Gasteiger partial charge >= 0.3 is 6.03 Å². The molecule has 132 valence electrons. The van der Waals surface area contributed by atoms with Crippen molar-refractivity contribution in [3.63, 3.8) is 0 Å². The quantitative estimate of drug-likeness (QED) is 0.865. The Kier molecular flexibility index (Phi) is 6.04. The highest BCUT2D eigenvalue weighted by molar-refractivity contribution is 6.32. The van der Waals surface area contributed by atoms with Gasteiger partial charge in [-0.3, -0.25) is 10.1 Å². The summed E-state index contributed by atoms with van der Waals surface area (Å²) in [5, 5.41) is 5.24. The number of carbonyl (C=O) groups is 2. The van der Waals surface area contributed by atoms with Crippen LogP contribution in [-0.4, -0.2) is 24.1 Å². The van der Waals surface area contributed by atoms with Crippen LogP contribution in [0.3, 0.4) is 0 Å². The summed E-state index contributed by atoms with van der Waals surface area (Å²) >= 11 is 6.22. The third-order valence-electron chi connectivity index (χ3n) is 3.14. The SMILES string of the molecule is CC(C)(C)NC(=O)NC(=O)COc1ccc(-c2ccccc2)cc1Cl. The van der Waals surface area contributed by atoms with Gasteiger partial charge in [0.15, 0.2) is 6.61 Å². The van der Waals surface area contributed by atoms with E-state index >= 15 is 0 Å². The zero-order valence-electron chi connectivity index (χ0n) is 14.4. The van der Waals surface area contributed by atoms with E-state index in [-0.39, 0.29) is 6.61 Å². The predicted molar refractivity (Wildman–Crippen MR) is 98.8 cm³/mol. The largest absolute Gasteiger partial charge is 0.482 e. The van der Waals surface area contributed by atoms with Crippen LogP contribution in [0.1, 0.15) is 20.8 Å². The summed E-state index contributed by atoms with van der Waals surface area (Å²) in [5.41, 5.74) is 1.56. The van der Waals surface area contributed by atoms with Crippen molar-refractivity contribution < 1.29 is 14.3 Å². The summed E-state index contributed by atoms with van der Waals surface area (Å²) in [4.78, 5) is 23.4. The first-order valence-corrected chi connectivity index (χ1v) is 8.22. The lowest BCUT2D eigenvalue weighted by Gasteiger charge is -2.20. The number of urea groups is 1. The molecule has 0 bridgehead atoms. The fourth-order valence-corrected chi connectivity index (χ4v) is 2.34. The number of benzene rings is 2. The van der Waals surface area contributed by atoms with Gasteiger partial charge in [-0.25, -0.2) is 4.79 Å². The Bertz CT molecular complexity index is 755. The fraction of sp³-hybridized carbons (Fsp3) is 0.263. The van der Waals surface area contributed by atoms with Crippen LogP contribution in [0.5, 0.6) is 5.75 Å². The zero-order valence-corrected chi connectivity index (χ0v) is 15.2. The molecule has 25 heavy (non-hydrogen) atoms. The molecule has 0 aliphatic carbocycles. The third-order valence-corrected chi connectivity index (χ3v) is 3.43. The van der Waals surface area contributed by atoms with Crippen LogP contribution < -0.4 is 15.4 Å². The number of carbonyl (C=O) groups excluding carboxylic acids is 2. The minimum absolute atomic E-state index is 0.304. The van der Waals surface area contributed by atoms with Crippen molar-refractivity contribution in [2.45, 2.75) is 26.3 Å². The van der Waals surface area contributed by atoms with Gasteiger partial charge in [-0.1, -0.05) is 48.0 Å². The van der Waals surface area contributed by atoms with Gasteiger partial charge in [0.25, 0.3) is 5.91 Å². The lowest BCUT2D eigenvalue weighted by atomic mass is 10.1. The smallest absolute Gasteiger partial charge is 0.321 e. The summed E-state index contributed by atoms with van der Waals surface area (Å²) in [6, 6.07) is 14.6. The van der Waals surface area contributed by atoms with E-state index < -0.39 is 17.5 Å². The maximum Gasteiger partial charge on any atom is 0.321 e. The Morgan fingerprint density at radius 2 is 1.72 bits per heavy atom. The van der Waals surface area contributed by atoms with E-state index in [4.69, 9.17) is 16.3 Å². The molecule has 0 heterocycles. The van der Waals surface area contributed by atoms with Crippen LogP contribution in [-0.2, 0) is 4.79 Å². The van der Waals surface area contributed by atoms with E-state index in [1.807, 2.05) is 57.2 Å². The Morgan fingerprint density at radius 1 is 1.04 bits per heavy atom. The average Bonchev–Trinajstić information content (AvgIpc) is 2.52. The molecule has 0 aromatic heterocycles. The maximum atomic E-state index is 11.8. The summed E-state index contributed by atoms with van der Waals surface area (Å²) in [6.45, 7) is 5.16. The molecule has 6 heteroatoms. The lowest BCUT2D eigenvalue weighted by molar-refractivity contribution is -0.122. The van der Waals surface area contributed by atoms with Crippen molar-refractivity contribution in [1.29, 1.82) is 0 Å². The third kappa shape index (κ3) is 6.12. The first-order valence-electron chi connectivity index (χ1n) is 7.84. The zero-order chi connectivity index (χ0) is 18.4. The van der Waals surface area contributed by atoms with Crippen LogP contribution >= 0.6 is 11.6 Å². The Labute approximate surface area is 152 Å². The van der Waals surface area contributed by atoms with Gasteiger partial charge in [0, 0.05) is 5.54 Å². The van der Waals surface area contributed by atoms with Gasteiger partial charge in [-0.15, -0.1) is 0 Å². The molecule has 2 N–H and O–H groups in total. The molecule has 0 saturated heterocycles. The van der Waals surface area contributed by atoms with Crippen LogP contribution in [0.4, 0.5) is 4.79 Å². The van der Waals surface area contributed by atoms with Crippen molar-refractivity contribution in [3.05, 3.63) is 53.6 Å². The highest BCUT2D eigenvalue weighted by atomic mass is 35.5. The maximum absolute atomic E-state index is 11.8. The van der Waals surface area contributed by atoms with E-state index in [9.17, 15) is 9.59 Å². The van der Waals surface area contributed by atoms with Crippen molar-refractivity contribution in [2.24, 2.45) is 0 Å². The molecule has 2 aromatic carbocycles. The molecule has 0 unspecified atom stereocenters. The number of imide groups is 1. The van der Waals surface area contributed by atoms with E-state index in [1.165, 1.54) is 0 Å². The molecule has 0 spiro atoms. The highest BCUT2D eigenvalue weighted by Gasteiger charge is 2.16. The number of nitrogens with one attached hydrogen (secondary N) is 2. The van der Waals surface area contributed by atoms with Gasteiger partial charge in [-0.05, 0) is 44.0 Å². The molecule has 2 aromatic rings. The molecule has 0 aliphatic heterocycles. The number of amides is 3. The molecule has 2 rings (SSSR count). The molecule has 0 atom stereocenters.